The van der Waals surface area contributed by atoms with Gasteiger partial charge in [0, 0.05) is 29.5 Å². The number of thiophene rings is 1. The predicted molar refractivity (Wildman–Crippen MR) is 131 cm³/mol. The zero-order chi connectivity index (χ0) is 23.8. The molecule has 4 aromatic rings. The summed E-state index contributed by atoms with van der Waals surface area (Å²) in [5, 5.41) is 7.51. The molecule has 2 amide bonds. The Balaban J connectivity index is 1.50. The van der Waals surface area contributed by atoms with Crippen LogP contribution in [0.1, 0.15) is 51.4 Å². The van der Waals surface area contributed by atoms with Crippen LogP contribution in [-0.2, 0) is 6.54 Å². The third-order valence-corrected chi connectivity index (χ3v) is 6.52. The number of carbonyl (C=O) groups excluding carboxylic acids is 2. The van der Waals surface area contributed by atoms with Crippen LogP contribution >= 0.6 is 11.3 Å². The molecule has 1 aliphatic rings. The number of amides is 2. The van der Waals surface area contributed by atoms with E-state index in [4.69, 9.17) is 0 Å². The van der Waals surface area contributed by atoms with Crippen LogP contribution < -0.4 is 21.9 Å². The molecule has 1 aromatic carbocycles. The van der Waals surface area contributed by atoms with Crippen molar-refractivity contribution < 1.29 is 9.59 Å². The highest BCUT2D eigenvalue weighted by molar-refractivity contribution is 7.12. The maximum absolute atomic E-state index is 13.3. The summed E-state index contributed by atoms with van der Waals surface area (Å²) in [6.07, 6.45) is 1.90. The number of pyridine rings is 1. The molecule has 1 aliphatic carbocycles. The van der Waals surface area contributed by atoms with E-state index in [9.17, 15) is 19.2 Å². The highest BCUT2D eigenvalue weighted by Crippen LogP contribution is 2.40. The second-order valence-corrected chi connectivity index (χ2v) is 8.99. The van der Waals surface area contributed by atoms with Crippen LogP contribution in [0.4, 0.5) is 11.4 Å². The van der Waals surface area contributed by atoms with Crippen molar-refractivity contribution in [1.82, 2.24) is 14.5 Å². The molecule has 10 heteroatoms. The van der Waals surface area contributed by atoms with Crippen LogP contribution in [0.5, 0.6) is 0 Å². The van der Waals surface area contributed by atoms with Gasteiger partial charge in [0.2, 0.25) is 0 Å². The minimum absolute atomic E-state index is 0.0745. The van der Waals surface area contributed by atoms with Crippen molar-refractivity contribution in [3.8, 4) is 0 Å². The van der Waals surface area contributed by atoms with Gasteiger partial charge in [-0.05, 0) is 55.5 Å². The first-order chi connectivity index (χ1) is 16.4. The van der Waals surface area contributed by atoms with Crippen LogP contribution in [-0.4, -0.2) is 26.3 Å². The van der Waals surface area contributed by atoms with Crippen molar-refractivity contribution in [3.63, 3.8) is 0 Å². The van der Waals surface area contributed by atoms with E-state index >= 15 is 0 Å². The molecule has 0 unspecified atom stereocenters. The predicted octanol–water partition coefficient (Wildman–Crippen LogP) is 3.55. The smallest absolute Gasteiger partial charge is 0.322 e. The number of rotatable bonds is 6. The molecule has 3 heterocycles. The second-order valence-electron chi connectivity index (χ2n) is 8.04. The maximum Gasteiger partial charge on any atom is 0.329 e. The van der Waals surface area contributed by atoms with E-state index < -0.39 is 17.2 Å². The molecular weight excluding hydrogens is 454 g/mol. The van der Waals surface area contributed by atoms with Gasteiger partial charge in [0.15, 0.2) is 5.65 Å². The zero-order valence-electron chi connectivity index (χ0n) is 18.3. The van der Waals surface area contributed by atoms with Crippen molar-refractivity contribution in [2.24, 2.45) is 0 Å². The molecule has 172 valence electrons. The zero-order valence-corrected chi connectivity index (χ0v) is 19.1. The number of H-pyrrole nitrogens is 1. The van der Waals surface area contributed by atoms with Crippen LogP contribution in [0.3, 0.4) is 0 Å². The summed E-state index contributed by atoms with van der Waals surface area (Å²) in [5.74, 6) is -0.522. The van der Waals surface area contributed by atoms with Gasteiger partial charge >= 0.3 is 5.69 Å². The van der Waals surface area contributed by atoms with Crippen molar-refractivity contribution in [3.05, 3.63) is 84.8 Å². The molecule has 0 bridgehead atoms. The number of anilines is 2. The molecule has 1 saturated carbocycles. The minimum atomic E-state index is -0.651. The summed E-state index contributed by atoms with van der Waals surface area (Å²) in [6, 6.07) is 11.9. The van der Waals surface area contributed by atoms with Crippen molar-refractivity contribution in [2.45, 2.75) is 32.2 Å². The number of nitrogens with zero attached hydrogens (tertiary/aromatic N) is 2. The fourth-order valence-corrected chi connectivity index (χ4v) is 4.45. The quantitative estimate of drug-likeness (QED) is 0.393. The summed E-state index contributed by atoms with van der Waals surface area (Å²) >= 11 is 1.33. The van der Waals surface area contributed by atoms with Gasteiger partial charge in [0.1, 0.15) is 0 Å². The molecule has 0 atom stereocenters. The Bertz CT molecular complexity index is 1530. The van der Waals surface area contributed by atoms with Gasteiger partial charge in [0.25, 0.3) is 17.4 Å². The Hall–Kier alpha value is -4.05. The number of fused-ring (bicyclic) bond motifs is 1. The molecule has 34 heavy (non-hydrogen) atoms. The Morgan fingerprint density at radius 2 is 1.82 bits per heavy atom. The topological polar surface area (TPSA) is 126 Å². The van der Waals surface area contributed by atoms with E-state index in [1.54, 1.807) is 49.4 Å². The fourth-order valence-electron chi connectivity index (χ4n) is 3.83. The summed E-state index contributed by atoms with van der Waals surface area (Å²) < 4.78 is 1.36. The van der Waals surface area contributed by atoms with Crippen LogP contribution in [0, 0.1) is 0 Å². The van der Waals surface area contributed by atoms with Crippen molar-refractivity contribution in [2.75, 3.05) is 10.6 Å². The Kier molecular flexibility index (Phi) is 5.58. The number of aromatic nitrogens is 3. The van der Waals surface area contributed by atoms with Crippen molar-refractivity contribution >= 4 is 45.6 Å². The lowest BCUT2D eigenvalue weighted by molar-refractivity contribution is 0.102. The van der Waals surface area contributed by atoms with Crippen LogP contribution in [0.15, 0.2) is 57.4 Å². The van der Waals surface area contributed by atoms with Crippen LogP contribution in [0.2, 0.25) is 0 Å². The van der Waals surface area contributed by atoms with E-state index in [0.29, 0.717) is 28.5 Å². The van der Waals surface area contributed by atoms with E-state index in [-0.39, 0.29) is 28.4 Å². The lowest BCUT2D eigenvalue weighted by atomic mass is 10.1. The van der Waals surface area contributed by atoms with Gasteiger partial charge in [-0.1, -0.05) is 12.1 Å². The van der Waals surface area contributed by atoms with Gasteiger partial charge in [-0.25, -0.2) is 9.78 Å². The molecule has 0 saturated heterocycles. The highest BCUT2D eigenvalue weighted by Gasteiger charge is 2.28. The summed E-state index contributed by atoms with van der Waals surface area (Å²) in [5.41, 5.74) is 0.829. The molecule has 0 aliphatic heterocycles. The van der Waals surface area contributed by atoms with Gasteiger partial charge in [-0.15, -0.1) is 11.3 Å². The molecule has 0 spiro atoms. The number of aryl methyl sites for hydroxylation is 1. The molecule has 1 fully saturated rings. The van der Waals surface area contributed by atoms with Gasteiger partial charge in [-0.2, -0.15) is 0 Å². The number of hydrogen-bond acceptors (Lipinski definition) is 6. The average Bonchev–Trinajstić information content (AvgIpc) is 3.52. The normalized spacial score (nSPS) is 13.1. The Morgan fingerprint density at radius 3 is 2.47 bits per heavy atom. The number of carbonyl (C=O) groups is 2. The summed E-state index contributed by atoms with van der Waals surface area (Å²) in [4.78, 5) is 58.1. The largest absolute Gasteiger partial charge is 0.329 e. The highest BCUT2D eigenvalue weighted by atomic mass is 32.1. The summed E-state index contributed by atoms with van der Waals surface area (Å²) in [7, 11) is 0. The maximum atomic E-state index is 13.3. The lowest BCUT2D eigenvalue weighted by Crippen LogP contribution is -2.32. The third kappa shape index (κ3) is 4.15. The second kappa shape index (κ2) is 8.71. The van der Waals surface area contributed by atoms with Gasteiger partial charge in [-0.3, -0.25) is 23.9 Å². The molecule has 3 N–H and O–H groups in total. The SMILES string of the molecule is CCn1c(=O)[nH]c(=O)c2c(C(=O)Nc3cccc(NC(=O)c4cccs4)c3)cc(C3CC3)nc21. The number of hydrogen-bond donors (Lipinski definition) is 3. The van der Waals surface area contributed by atoms with Gasteiger partial charge < -0.3 is 10.6 Å². The number of nitrogens with one attached hydrogen (secondary N) is 3. The van der Waals surface area contributed by atoms with E-state index in [1.165, 1.54) is 15.9 Å². The van der Waals surface area contributed by atoms with E-state index in [0.717, 1.165) is 12.8 Å². The standard InChI is InChI=1S/C24H21N5O4S/c1-2-29-20-19(23(32)28-24(29)33)16(12-17(27-20)13-8-9-13)21(30)25-14-5-3-6-15(11-14)26-22(31)18-7-4-10-34-18/h3-7,10-13H,2,8-9H2,1H3,(H,25,30)(H,26,31)(H,28,32,33). The fraction of sp³-hybridized carbons (Fsp3) is 0.208. The number of aromatic amines is 1. The molecule has 3 aromatic heterocycles. The molecule has 0 radical (unpaired) electrons. The molecule has 5 rings (SSSR count). The molecule has 9 nitrogen and oxygen atoms in total. The Morgan fingerprint density at radius 1 is 1.09 bits per heavy atom. The number of benzene rings is 1. The molecular formula is C24H21N5O4S. The summed E-state index contributed by atoms with van der Waals surface area (Å²) in [6.45, 7) is 2.08. The average molecular weight is 476 g/mol. The van der Waals surface area contributed by atoms with E-state index in [1.807, 2.05) is 5.38 Å². The van der Waals surface area contributed by atoms with Gasteiger partial charge in [0.05, 0.1) is 15.8 Å². The first-order valence-electron chi connectivity index (χ1n) is 10.9. The monoisotopic (exact) mass is 475 g/mol. The minimum Gasteiger partial charge on any atom is -0.322 e. The van der Waals surface area contributed by atoms with Crippen LogP contribution in [0.25, 0.3) is 11.0 Å². The van der Waals surface area contributed by atoms with E-state index in [2.05, 4.69) is 20.6 Å². The Labute approximate surface area is 197 Å². The first kappa shape index (κ1) is 21.8. The third-order valence-electron chi connectivity index (χ3n) is 5.65. The first-order valence-corrected chi connectivity index (χ1v) is 11.8. The lowest BCUT2D eigenvalue weighted by Gasteiger charge is -2.13. The van der Waals surface area contributed by atoms with Crippen molar-refractivity contribution in [1.29, 1.82) is 0 Å².